The minimum atomic E-state index is -0.616. The highest BCUT2D eigenvalue weighted by atomic mass is 79.9. The van der Waals surface area contributed by atoms with Crippen LogP contribution in [0.25, 0.3) is 5.69 Å². The van der Waals surface area contributed by atoms with Crippen molar-refractivity contribution in [3.8, 4) is 5.69 Å². The van der Waals surface area contributed by atoms with Gasteiger partial charge in [0.05, 0.1) is 6.61 Å². The highest BCUT2D eigenvalue weighted by Gasteiger charge is 2.20. The molecule has 0 aliphatic heterocycles. The molecule has 0 saturated heterocycles. The molecule has 0 saturated carbocycles. The Bertz CT molecular complexity index is 1070. The van der Waals surface area contributed by atoms with Gasteiger partial charge in [-0.05, 0) is 50.6 Å². The van der Waals surface area contributed by atoms with Gasteiger partial charge in [0.25, 0.3) is 0 Å². The number of hydrogen-bond acceptors (Lipinski definition) is 6. The average Bonchev–Trinajstić information content (AvgIpc) is 3.27. The largest absolute Gasteiger partial charge is 0.453 e. The van der Waals surface area contributed by atoms with Gasteiger partial charge in [0, 0.05) is 39.6 Å². The van der Waals surface area contributed by atoms with Crippen molar-refractivity contribution in [2.75, 3.05) is 13.7 Å². The Labute approximate surface area is 181 Å². The molecule has 0 unspecified atom stereocenters. The van der Waals surface area contributed by atoms with Gasteiger partial charge in [-0.15, -0.1) is 11.3 Å². The van der Waals surface area contributed by atoms with E-state index < -0.39 is 5.97 Å². The molecular weight excluding hydrogens is 456 g/mol. The molecule has 0 amide bonds. The van der Waals surface area contributed by atoms with Crippen LogP contribution >= 0.6 is 27.3 Å². The van der Waals surface area contributed by atoms with Gasteiger partial charge in [0.1, 0.15) is 5.01 Å². The van der Waals surface area contributed by atoms with E-state index >= 15 is 0 Å². The Morgan fingerprint density at radius 1 is 1.21 bits per heavy atom. The van der Waals surface area contributed by atoms with Crippen molar-refractivity contribution in [1.82, 2.24) is 9.55 Å². The number of benzene rings is 1. The van der Waals surface area contributed by atoms with E-state index in [-0.39, 0.29) is 18.1 Å². The minimum Gasteiger partial charge on any atom is -0.453 e. The molecule has 3 rings (SSSR count). The maximum Gasteiger partial charge on any atom is 0.358 e. The minimum absolute atomic E-state index is 0.186. The van der Waals surface area contributed by atoms with E-state index in [1.54, 1.807) is 12.5 Å². The zero-order chi connectivity index (χ0) is 21.1. The third-order valence-corrected chi connectivity index (χ3v) is 6.21. The topological polar surface area (TPSA) is 70.4 Å². The number of hydrogen-bond donors (Lipinski definition) is 0. The highest BCUT2D eigenvalue weighted by molar-refractivity contribution is 9.10. The van der Waals surface area contributed by atoms with Crippen LogP contribution < -0.4 is 0 Å². The summed E-state index contributed by atoms with van der Waals surface area (Å²) in [5.41, 5.74) is 4.54. The zero-order valence-electron chi connectivity index (χ0n) is 16.6. The Morgan fingerprint density at radius 3 is 2.66 bits per heavy atom. The molecule has 8 heteroatoms. The van der Waals surface area contributed by atoms with Crippen LogP contribution in [0.15, 0.2) is 34.1 Å². The lowest BCUT2D eigenvalue weighted by Gasteiger charge is -2.11. The van der Waals surface area contributed by atoms with Crippen LogP contribution in [-0.2, 0) is 16.1 Å². The predicted octanol–water partition coefficient (Wildman–Crippen LogP) is 4.81. The van der Waals surface area contributed by atoms with Crippen LogP contribution in [-0.4, -0.2) is 35.0 Å². The number of rotatable bonds is 7. The predicted molar refractivity (Wildman–Crippen MR) is 115 cm³/mol. The number of ketones is 1. The van der Waals surface area contributed by atoms with Crippen LogP contribution in [0.2, 0.25) is 0 Å². The van der Waals surface area contributed by atoms with Gasteiger partial charge in [-0.25, -0.2) is 9.78 Å². The maximum absolute atomic E-state index is 12.7. The normalized spacial score (nSPS) is 10.9. The number of carbonyl (C=O) groups is 2. The SMILES string of the molecule is COCc1nc(C(=O)OCC(=O)c2cc(C)n(-c3ccc(Br)c(C)c3)c2C)cs1. The van der Waals surface area contributed by atoms with Crippen molar-refractivity contribution >= 4 is 39.0 Å². The van der Waals surface area contributed by atoms with Crippen LogP contribution in [0.1, 0.15) is 42.8 Å². The lowest BCUT2D eigenvalue weighted by Crippen LogP contribution is -2.15. The summed E-state index contributed by atoms with van der Waals surface area (Å²) in [4.78, 5) is 29.0. The molecule has 2 heterocycles. The zero-order valence-corrected chi connectivity index (χ0v) is 19.0. The quantitative estimate of drug-likeness (QED) is 0.361. The smallest absolute Gasteiger partial charge is 0.358 e. The first-order valence-corrected chi connectivity index (χ1v) is 10.6. The van der Waals surface area contributed by atoms with E-state index in [4.69, 9.17) is 9.47 Å². The van der Waals surface area contributed by atoms with Crippen molar-refractivity contribution in [3.05, 3.63) is 67.3 Å². The first-order valence-electron chi connectivity index (χ1n) is 8.91. The second-order valence-corrected chi connectivity index (χ2v) is 8.41. The van der Waals surface area contributed by atoms with Crippen LogP contribution in [0.4, 0.5) is 0 Å². The van der Waals surface area contributed by atoms with Crippen molar-refractivity contribution in [1.29, 1.82) is 0 Å². The molecule has 1 aromatic carbocycles. The molecule has 0 aliphatic carbocycles. The summed E-state index contributed by atoms with van der Waals surface area (Å²) in [6.45, 7) is 5.85. The van der Waals surface area contributed by atoms with Gasteiger partial charge in [0.15, 0.2) is 12.3 Å². The number of aryl methyl sites for hydroxylation is 2. The number of Topliss-reactive ketones (excluding diaryl/α,β-unsaturated/α-hetero) is 1. The van der Waals surface area contributed by atoms with Crippen LogP contribution in [0.5, 0.6) is 0 Å². The van der Waals surface area contributed by atoms with E-state index in [1.807, 2.05) is 43.5 Å². The van der Waals surface area contributed by atoms with E-state index in [2.05, 4.69) is 27.0 Å². The molecule has 0 atom stereocenters. The van der Waals surface area contributed by atoms with Gasteiger partial charge in [-0.3, -0.25) is 4.79 Å². The Kier molecular flexibility index (Phi) is 6.66. The summed E-state index contributed by atoms with van der Waals surface area (Å²) in [5, 5.41) is 2.28. The third-order valence-electron chi connectivity index (χ3n) is 4.49. The first kappa shape index (κ1) is 21.4. The lowest BCUT2D eigenvalue weighted by molar-refractivity contribution is 0.0469. The molecule has 0 N–H and O–H groups in total. The number of halogens is 1. The average molecular weight is 477 g/mol. The van der Waals surface area contributed by atoms with E-state index in [1.165, 1.54) is 11.3 Å². The summed E-state index contributed by atoms with van der Waals surface area (Å²) >= 11 is 4.82. The van der Waals surface area contributed by atoms with Gasteiger partial charge in [-0.2, -0.15) is 0 Å². The van der Waals surface area contributed by atoms with Crippen molar-refractivity contribution < 1.29 is 19.1 Å². The molecule has 2 aromatic heterocycles. The van der Waals surface area contributed by atoms with Crippen LogP contribution in [0, 0.1) is 20.8 Å². The van der Waals surface area contributed by atoms with Crippen molar-refractivity contribution in [2.45, 2.75) is 27.4 Å². The fourth-order valence-electron chi connectivity index (χ4n) is 3.09. The molecule has 6 nitrogen and oxygen atoms in total. The van der Waals surface area contributed by atoms with Gasteiger partial charge < -0.3 is 14.0 Å². The molecule has 29 heavy (non-hydrogen) atoms. The number of carbonyl (C=O) groups excluding carboxylic acids is 2. The standard InChI is InChI=1S/C21H21BrN2O4S/c1-12-7-15(5-6-17(12)22)24-13(2)8-16(14(24)3)19(25)9-28-21(26)18-11-29-20(23-18)10-27-4/h5-8,11H,9-10H2,1-4H3. The second kappa shape index (κ2) is 9.02. The lowest BCUT2D eigenvalue weighted by atomic mass is 10.1. The Hall–Kier alpha value is -2.29. The molecular formula is C21H21BrN2O4S. The number of esters is 1. The second-order valence-electron chi connectivity index (χ2n) is 6.61. The summed E-state index contributed by atoms with van der Waals surface area (Å²) < 4.78 is 13.2. The van der Waals surface area contributed by atoms with Gasteiger partial charge in [0.2, 0.25) is 5.78 Å². The molecule has 0 bridgehead atoms. The van der Waals surface area contributed by atoms with Crippen molar-refractivity contribution in [2.24, 2.45) is 0 Å². The van der Waals surface area contributed by atoms with Crippen LogP contribution in [0.3, 0.4) is 0 Å². The number of methoxy groups -OCH3 is 1. The van der Waals surface area contributed by atoms with Gasteiger partial charge >= 0.3 is 5.97 Å². The molecule has 152 valence electrons. The van der Waals surface area contributed by atoms with Crippen molar-refractivity contribution in [3.63, 3.8) is 0 Å². The maximum atomic E-state index is 12.7. The summed E-state index contributed by atoms with van der Waals surface area (Å²) in [5.74, 6) is -0.867. The number of aromatic nitrogens is 2. The fraction of sp³-hybridized carbons (Fsp3) is 0.286. The number of ether oxygens (including phenoxy) is 2. The Balaban J connectivity index is 1.74. The number of thiazole rings is 1. The molecule has 0 spiro atoms. The van der Waals surface area contributed by atoms with Gasteiger partial charge in [-0.1, -0.05) is 15.9 Å². The van der Waals surface area contributed by atoms with E-state index in [9.17, 15) is 9.59 Å². The molecule has 0 fully saturated rings. The van der Waals surface area contributed by atoms with E-state index in [0.29, 0.717) is 17.2 Å². The Morgan fingerprint density at radius 2 is 1.97 bits per heavy atom. The fourth-order valence-corrected chi connectivity index (χ4v) is 4.07. The molecule has 0 aliphatic rings. The number of nitrogens with zero attached hydrogens (tertiary/aromatic N) is 2. The summed E-state index contributed by atoms with van der Waals surface area (Å²) in [6.07, 6.45) is 0. The summed E-state index contributed by atoms with van der Waals surface area (Å²) in [6, 6.07) is 7.85. The molecule has 3 aromatic rings. The third kappa shape index (κ3) is 4.66. The van der Waals surface area contributed by atoms with E-state index in [0.717, 1.165) is 27.1 Å². The highest BCUT2D eigenvalue weighted by Crippen LogP contribution is 2.25. The molecule has 0 radical (unpaired) electrons. The monoisotopic (exact) mass is 476 g/mol. The first-order chi connectivity index (χ1) is 13.8. The summed E-state index contributed by atoms with van der Waals surface area (Å²) in [7, 11) is 1.56.